The van der Waals surface area contributed by atoms with Gasteiger partial charge in [0.05, 0.1) is 25.0 Å². The lowest BCUT2D eigenvalue weighted by Crippen LogP contribution is -2.59. The zero-order valence-electron chi connectivity index (χ0n) is 14.6. The lowest BCUT2D eigenvalue weighted by molar-refractivity contribution is 0.0108. The molecule has 0 saturated carbocycles. The average Bonchev–Trinajstić information content (AvgIpc) is 3.22. The van der Waals surface area contributed by atoms with Crippen LogP contribution in [0.5, 0.6) is 0 Å². The van der Waals surface area contributed by atoms with E-state index in [4.69, 9.17) is 9.15 Å². The lowest BCUT2D eigenvalue weighted by atomic mass is 9.77. The topological polar surface area (TPSA) is 45.9 Å². The van der Waals surface area contributed by atoms with Crippen LogP contribution in [0.1, 0.15) is 22.3 Å². The van der Waals surface area contributed by atoms with E-state index in [9.17, 15) is 4.79 Å². The summed E-state index contributed by atoms with van der Waals surface area (Å²) in [5.41, 5.74) is 2.08. The Bertz CT molecular complexity index is 708. The molecule has 0 N–H and O–H groups in total. The third-order valence-electron chi connectivity index (χ3n) is 5.41. The van der Waals surface area contributed by atoms with Gasteiger partial charge < -0.3 is 19.0 Å². The minimum Gasteiger partial charge on any atom is -0.472 e. The van der Waals surface area contributed by atoms with E-state index in [1.165, 1.54) is 11.8 Å². The van der Waals surface area contributed by atoms with Crippen LogP contribution < -0.4 is 0 Å². The SMILES string of the molecule is CN1CC2(CC1COCc1ccccc1)CN(C(=O)c1ccoc1)C2. The smallest absolute Gasteiger partial charge is 0.257 e. The van der Waals surface area contributed by atoms with Gasteiger partial charge in [0.1, 0.15) is 6.26 Å². The summed E-state index contributed by atoms with van der Waals surface area (Å²) in [7, 11) is 2.16. The summed E-state index contributed by atoms with van der Waals surface area (Å²) in [4.78, 5) is 16.6. The largest absolute Gasteiger partial charge is 0.472 e. The van der Waals surface area contributed by atoms with Gasteiger partial charge in [-0.15, -0.1) is 0 Å². The Balaban J connectivity index is 1.27. The number of likely N-dealkylation sites (tertiary alicyclic amines) is 2. The number of amides is 1. The second kappa shape index (κ2) is 6.65. The molecule has 5 heteroatoms. The molecule has 5 nitrogen and oxygen atoms in total. The first-order valence-electron chi connectivity index (χ1n) is 8.79. The fraction of sp³-hybridized carbons (Fsp3) is 0.450. The predicted octanol–water partition coefficient (Wildman–Crippen LogP) is 2.64. The van der Waals surface area contributed by atoms with E-state index in [1.54, 1.807) is 12.3 Å². The van der Waals surface area contributed by atoms with Crippen LogP contribution in [-0.2, 0) is 11.3 Å². The molecule has 0 aliphatic carbocycles. The summed E-state index contributed by atoms with van der Waals surface area (Å²) >= 11 is 0. The molecule has 2 aliphatic heterocycles. The van der Waals surface area contributed by atoms with E-state index in [1.807, 2.05) is 23.1 Å². The molecule has 0 radical (unpaired) electrons. The van der Waals surface area contributed by atoms with Gasteiger partial charge in [-0.05, 0) is 25.1 Å². The number of likely N-dealkylation sites (N-methyl/N-ethyl adjacent to an activating group) is 1. The van der Waals surface area contributed by atoms with Gasteiger partial charge in [-0.2, -0.15) is 0 Å². The first kappa shape index (κ1) is 16.4. The highest BCUT2D eigenvalue weighted by Crippen LogP contribution is 2.42. The van der Waals surface area contributed by atoms with E-state index in [2.05, 4.69) is 24.1 Å². The molecule has 1 spiro atoms. The maximum Gasteiger partial charge on any atom is 0.257 e. The van der Waals surface area contributed by atoms with E-state index in [0.717, 1.165) is 32.7 Å². The van der Waals surface area contributed by atoms with Crippen molar-refractivity contribution in [2.75, 3.05) is 33.3 Å². The van der Waals surface area contributed by atoms with Gasteiger partial charge >= 0.3 is 0 Å². The van der Waals surface area contributed by atoms with Gasteiger partial charge in [0.2, 0.25) is 0 Å². The zero-order chi connectivity index (χ0) is 17.3. The summed E-state index contributed by atoms with van der Waals surface area (Å²) in [6, 6.07) is 12.4. The van der Waals surface area contributed by atoms with E-state index in [-0.39, 0.29) is 11.3 Å². The Hall–Kier alpha value is -2.11. The minimum atomic E-state index is 0.0748. The fourth-order valence-electron chi connectivity index (χ4n) is 4.16. The van der Waals surface area contributed by atoms with Gasteiger partial charge in [-0.25, -0.2) is 0 Å². The van der Waals surface area contributed by atoms with Crippen LogP contribution in [0.4, 0.5) is 0 Å². The summed E-state index contributed by atoms with van der Waals surface area (Å²) in [6.07, 6.45) is 4.16. The van der Waals surface area contributed by atoms with E-state index in [0.29, 0.717) is 18.2 Å². The fourth-order valence-corrected chi connectivity index (χ4v) is 4.16. The molecule has 2 aliphatic rings. The van der Waals surface area contributed by atoms with Crippen molar-refractivity contribution in [1.82, 2.24) is 9.80 Å². The van der Waals surface area contributed by atoms with Crippen LogP contribution in [0.15, 0.2) is 53.3 Å². The van der Waals surface area contributed by atoms with Crippen LogP contribution in [0.3, 0.4) is 0 Å². The summed E-state index contributed by atoms with van der Waals surface area (Å²) < 4.78 is 10.9. The Morgan fingerprint density at radius 3 is 2.76 bits per heavy atom. The van der Waals surface area contributed by atoms with Crippen molar-refractivity contribution in [2.45, 2.75) is 19.1 Å². The Labute approximate surface area is 148 Å². The van der Waals surface area contributed by atoms with Crippen molar-refractivity contribution in [2.24, 2.45) is 5.41 Å². The number of nitrogens with zero attached hydrogens (tertiary/aromatic N) is 2. The number of furan rings is 1. The molecular weight excluding hydrogens is 316 g/mol. The minimum absolute atomic E-state index is 0.0748. The van der Waals surface area contributed by atoms with Gasteiger partial charge in [0.25, 0.3) is 5.91 Å². The molecule has 25 heavy (non-hydrogen) atoms. The molecule has 2 saturated heterocycles. The van der Waals surface area contributed by atoms with Crippen molar-refractivity contribution in [3.05, 3.63) is 60.1 Å². The number of hydrogen-bond acceptors (Lipinski definition) is 4. The Morgan fingerprint density at radius 1 is 1.24 bits per heavy atom. The molecule has 0 bridgehead atoms. The second-order valence-electron chi connectivity index (χ2n) is 7.45. The highest BCUT2D eigenvalue weighted by molar-refractivity contribution is 5.94. The first-order valence-corrected chi connectivity index (χ1v) is 8.79. The quantitative estimate of drug-likeness (QED) is 0.839. The van der Waals surface area contributed by atoms with Crippen LogP contribution in [0.25, 0.3) is 0 Å². The lowest BCUT2D eigenvalue weighted by Gasteiger charge is -2.48. The summed E-state index contributed by atoms with van der Waals surface area (Å²) in [5, 5.41) is 0. The van der Waals surface area contributed by atoms with Gasteiger partial charge in [0, 0.05) is 31.1 Å². The first-order chi connectivity index (χ1) is 12.2. The Kier molecular flexibility index (Phi) is 4.36. The van der Waals surface area contributed by atoms with Crippen molar-refractivity contribution in [3.8, 4) is 0 Å². The maximum absolute atomic E-state index is 12.3. The van der Waals surface area contributed by atoms with E-state index < -0.39 is 0 Å². The molecule has 1 aromatic carbocycles. The van der Waals surface area contributed by atoms with Crippen molar-refractivity contribution in [1.29, 1.82) is 0 Å². The number of benzene rings is 1. The third kappa shape index (κ3) is 3.34. The normalized spacial score (nSPS) is 22.3. The van der Waals surface area contributed by atoms with Crippen LogP contribution in [-0.4, -0.2) is 55.0 Å². The number of carbonyl (C=O) groups excluding carboxylic acids is 1. The molecule has 3 heterocycles. The van der Waals surface area contributed by atoms with Gasteiger partial charge in [-0.3, -0.25) is 4.79 Å². The molecule has 132 valence electrons. The van der Waals surface area contributed by atoms with Crippen molar-refractivity contribution >= 4 is 5.91 Å². The third-order valence-corrected chi connectivity index (χ3v) is 5.41. The molecule has 1 aromatic heterocycles. The number of rotatable bonds is 5. The van der Waals surface area contributed by atoms with Crippen molar-refractivity contribution in [3.63, 3.8) is 0 Å². The zero-order valence-corrected chi connectivity index (χ0v) is 14.6. The molecule has 1 unspecified atom stereocenters. The summed E-state index contributed by atoms with van der Waals surface area (Å²) in [5.74, 6) is 0.0748. The van der Waals surface area contributed by atoms with Crippen molar-refractivity contribution < 1.29 is 13.9 Å². The summed E-state index contributed by atoms with van der Waals surface area (Å²) in [6.45, 7) is 4.08. The molecular formula is C20H24N2O3. The molecule has 2 aromatic rings. The highest BCUT2D eigenvalue weighted by Gasteiger charge is 2.51. The second-order valence-corrected chi connectivity index (χ2v) is 7.45. The molecule has 1 amide bonds. The maximum atomic E-state index is 12.3. The number of ether oxygens (including phenoxy) is 1. The monoisotopic (exact) mass is 340 g/mol. The Morgan fingerprint density at radius 2 is 2.04 bits per heavy atom. The predicted molar refractivity (Wildman–Crippen MR) is 94.2 cm³/mol. The highest BCUT2D eigenvalue weighted by atomic mass is 16.5. The standard InChI is InChI=1S/C20H24N2O3/c1-21-13-20(14-22(15-20)19(23)17-7-8-24-11-17)9-18(21)12-25-10-16-5-3-2-4-6-16/h2-8,11,18H,9-10,12-15H2,1H3. The molecule has 1 atom stereocenters. The van der Waals surface area contributed by atoms with Crippen LogP contribution in [0.2, 0.25) is 0 Å². The number of hydrogen-bond donors (Lipinski definition) is 0. The number of carbonyl (C=O) groups is 1. The van der Waals surface area contributed by atoms with Crippen LogP contribution >= 0.6 is 0 Å². The molecule has 2 fully saturated rings. The average molecular weight is 340 g/mol. The van der Waals surface area contributed by atoms with Gasteiger partial charge in [-0.1, -0.05) is 30.3 Å². The molecule has 4 rings (SSSR count). The van der Waals surface area contributed by atoms with Gasteiger partial charge in [0.15, 0.2) is 0 Å². The van der Waals surface area contributed by atoms with Crippen LogP contribution in [0, 0.1) is 5.41 Å². The van der Waals surface area contributed by atoms with E-state index >= 15 is 0 Å².